The van der Waals surface area contributed by atoms with E-state index >= 15 is 0 Å². The molecule has 10 aromatic carbocycles. The molecule has 2 heteroatoms. The molecule has 0 atom stereocenters. The molecule has 0 bridgehead atoms. The predicted octanol–water partition coefficient (Wildman–Crippen LogP) is 16.4. The van der Waals surface area contributed by atoms with Crippen molar-refractivity contribution in [2.75, 3.05) is 4.90 Å². The Morgan fingerprint density at radius 3 is 1.25 bits per heavy atom. The van der Waals surface area contributed by atoms with Crippen LogP contribution in [-0.4, -0.2) is 0 Å². The Labute approximate surface area is 368 Å². The lowest BCUT2D eigenvalue weighted by Crippen LogP contribution is -2.30. The molecule has 0 spiro atoms. The minimum atomic E-state index is -0.517. The Hall–Kier alpha value is -8.20. The van der Waals surface area contributed by atoms with Crippen molar-refractivity contribution in [3.05, 3.63) is 283 Å². The summed E-state index contributed by atoms with van der Waals surface area (Å²) in [4.78, 5) is 2.39. The average molecular weight is 806 g/mol. The Kier molecular flexibility index (Phi) is 9.80. The monoisotopic (exact) mass is 805 g/mol. The zero-order valence-corrected chi connectivity index (χ0v) is 34.7. The highest BCUT2D eigenvalue weighted by Gasteiger charge is 2.38. The topological polar surface area (TPSA) is 16.4 Å². The minimum Gasteiger partial charge on any atom is -0.456 e. The number of fused-ring (bicyclic) bond motifs is 3. The van der Waals surface area contributed by atoms with Crippen molar-refractivity contribution >= 4 is 39.0 Å². The van der Waals surface area contributed by atoms with Gasteiger partial charge in [-0.05, 0) is 110 Å². The van der Waals surface area contributed by atoms with Gasteiger partial charge in [0.15, 0.2) is 0 Å². The molecule has 0 saturated carbocycles. The molecule has 11 aromatic rings. The summed E-state index contributed by atoms with van der Waals surface area (Å²) in [5.41, 5.74) is 16.2. The molecule has 0 saturated heterocycles. The first-order chi connectivity index (χ1) is 31.2. The summed E-state index contributed by atoms with van der Waals surface area (Å²) in [5, 5.41) is 2.19. The first-order valence-electron chi connectivity index (χ1n) is 21.6. The summed E-state index contributed by atoms with van der Waals surface area (Å²) >= 11 is 0. The lowest BCUT2D eigenvalue weighted by atomic mass is 9.65. The van der Waals surface area contributed by atoms with Crippen molar-refractivity contribution in [3.8, 4) is 33.4 Å². The van der Waals surface area contributed by atoms with Crippen LogP contribution in [0.3, 0.4) is 0 Å². The van der Waals surface area contributed by atoms with Gasteiger partial charge < -0.3 is 9.32 Å². The van der Waals surface area contributed by atoms with E-state index in [9.17, 15) is 0 Å². The Bertz CT molecular complexity index is 3150. The number of rotatable bonds is 10. The zero-order chi connectivity index (χ0) is 42.0. The van der Waals surface area contributed by atoms with Gasteiger partial charge in [-0.3, -0.25) is 0 Å². The quantitative estimate of drug-likeness (QED) is 0.128. The average Bonchev–Trinajstić information content (AvgIpc) is 3.74. The van der Waals surface area contributed by atoms with Crippen LogP contribution in [0.1, 0.15) is 22.3 Å². The van der Waals surface area contributed by atoms with Crippen molar-refractivity contribution in [3.63, 3.8) is 0 Å². The maximum atomic E-state index is 6.33. The van der Waals surface area contributed by atoms with Crippen molar-refractivity contribution in [2.45, 2.75) is 5.41 Å². The number of furan rings is 1. The van der Waals surface area contributed by atoms with Crippen LogP contribution in [0.2, 0.25) is 0 Å². The largest absolute Gasteiger partial charge is 0.456 e. The fourth-order valence-corrected chi connectivity index (χ4v) is 9.44. The summed E-state index contributed by atoms with van der Waals surface area (Å²) in [6.45, 7) is 0. The van der Waals surface area contributed by atoms with Gasteiger partial charge in [-0.1, -0.05) is 206 Å². The van der Waals surface area contributed by atoms with Crippen LogP contribution in [0.5, 0.6) is 0 Å². The van der Waals surface area contributed by atoms with E-state index in [-0.39, 0.29) is 0 Å². The second-order valence-corrected chi connectivity index (χ2v) is 16.1. The fourth-order valence-electron chi connectivity index (χ4n) is 9.44. The molecule has 0 aliphatic heterocycles. The maximum Gasteiger partial charge on any atom is 0.135 e. The third-order valence-electron chi connectivity index (χ3n) is 12.4. The summed E-state index contributed by atoms with van der Waals surface area (Å²) in [5.74, 6) is 0. The van der Waals surface area contributed by atoms with Crippen LogP contribution >= 0.6 is 0 Å². The number of benzene rings is 10. The van der Waals surface area contributed by atoms with Gasteiger partial charge in [-0.2, -0.15) is 0 Å². The highest BCUT2D eigenvalue weighted by Crippen LogP contribution is 2.46. The molecule has 0 amide bonds. The second-order valence-electron chi connectivity index (χ2n) is 16.1. The first kappa shape index (κ1) is 37.8. The number of anilines is 3. The van der Waals surface area contributed by atoms with Crippen LogP contribution < -0.4 is 4.90 Å². The number of para-hydroxylation sites is 1. The summed E-state index contributed by atoms with van der Waals surface area (Å²) < 4.78 is 6.33. The fraction of sp³-hybridized carbons (Fsp3) is 0.0164. The van der Waals surface area contributed by atoms with Gasteiger partial charge in [-0.25, -0.2) is 0 Å². The molecule has 0 fully saturated rings. The van der Waals surface area contributed by atoms with E-state index in [1.165, 1.54) is 33.4 Å². The van der Waals surface area contributed by atoms with Gasteiger partial charge >= 0.3 is 0 Å². The van der Waals surface area contributed by atoms with E-state index in [0.717, 1.165) is 61.3 Å². The Morgan fingerprint density at radius 2 is 0.683 bits per heavy atom. The number of hydrogen-bond acceptors (Lipinski definition) is 2. The highest BCUT2D eigenvalue weighted by molar-refractivity contribution is 6.06. The second kappa shape index (κ2) is 16.3. The minimum absolute atomic E-state index is 0.517. The van der Waals surface area contributed by atoms with Gasteiger partial charge in [0.25, 0.3) is 0 Å². The van der Waals surface area contributed by atoms with E-state index < -0.39 is 5.41 Å². The highest BCUT2D eigenvalue weighted by atomic mass is 16.3. The maximum absolute atomic E-state index is 6.33. The lowest BCUT2D eigenvalue weighted by Gasteiger charge is -2.37. The van der Waals surface area contributed by atoms with Crippen LogP contribution in [0.4, 0.5) is 17.1 Å². The third kappa shape index (κ3) is 6.98. The van der Waals surface area contributed by atoms with E-state index in [2.05, 4.69) is 254 Å². The van der Waals surface area contributed by atoms with Gasteiger partial charge in [0.1, 0.15) is 11.2 Å². The molecule has 0 aliphatic carbocycles. The zero-order valence-electron chi connectivity index (χ0n) is 34.7. The van der Waals surface area contributed by atoms with Crippen LogP contribution in [0, 0.1) is 0 Å². The molecule has 0 unspecified atom stereocenters. The van der Waals surface area contributed by atoms with Crippen molar-refractivity contribution in [1.29, 1.82) is 0 Å². The van der Waals surface area contributed by atoms with Crippen LogP contribution in [-0.2, 0) is 5.41 Å². The van der Waals surface area contributed by atoms with Crippen LogP contribution in [0.15, 0.2) is 265 Å². The SMILES string of the molecule is c1ccc(-c2cc(-c3ccccc3)cc(N(c3cccc(-c4ccc(C(c5ccccc5)(c5ccccc5)c5ccccc5)cc4)c3)c3ccc4oc5ccccc5c4c3)c2)cc1. The van der Waals surface area contributed by atoms with Crippen molar-refractivity contribution in [1.82, 2.24) is 0 Å². The predicted molar refractivity (Wildman–Crippen MR) is 263 cm³/mol. The normalized spacial score (nSPS) is 11.5. The van der Waals surface area contributed by atoms with E-state index in [1.54, 1.807) is 0 Å². The van der Waals surface area contributed by atoms with Crippen LogP contribution in [0.25, 0.3) is 55.3 Å². The van der Waals surface area contributed by atoms with Crippen molar-refractivity contribution in [2.24, 2.45) is 0 Å². The number of nitrogens with zero attached hydrogens (tertiary/aromatic N) is 1. The first-order valence-corrected chi connectivity index (χ1v) is 21.6. The molecule has 1 heterocycles. The molecule has 1 aromatic heterocycles. The van der Waals surface area contributed by atoms with E-state index in [0.29, 0.717) is 0 Å². The number of hydrogen-bond donors (Lipinski definition) is 0. The molecule has 2 nitrogen and oxygen atoms in total. The van der Waals surface area contributed by atoms with Gasteiger partial charge in [0, 0.05) is 27.8 Å². The van der Waals surface area contributed by atoms with Gasteiger partial charge in [-0.15, -0.1) is 0 Å². The molecule has 11 rings (SSSR count). The Balaban J connectivity index is 1.08. The third-order valence-corrected chi connectivity index (χ3v) is 12.4. The van der Waals surface area contributed by atoms with E-state index in [4.69, 9.17) is 4.42 Å². The molecule has 298 valence electrons. The molecular formula is C61H43NO. The molecule has 0 N–H and O–H groups in total. The molecular weight excluding hydrogens is 763 g/mol. The standard InChI is InChI=1S/C61H43NO/c1-6-19-44(20-7-1)48-39-49(45-21-8-2-9-22-45)42-56(41-48)62(55-37-38-60-58(43-55)57-31-16-17-32-59(57)63-60)54-30-18-23-47(40-54)46-33-35-53(36-34-46)61(50-24-10-3-11-25-50,51-26-12-4-13-27-51)52-28-14-5-15-29-52/h1-43H. The molecule has 63 heavy (non-hydrogen) atoms. The van der Waals surface area contributed by atoms with Gasteiger partial charge in [0.05, 0.1) is 5.41 Å². The summed E-state index contributed by atoms with van der Waals surface area (Å²) in [6, 6.07) is 94.0. The molecule has 0 aliphatic rings. The van der Waals surface area contributed by atoms with Crippen molar-refractivity contribution < 1.29 is 4.42 Å². The molecule has 0 radical (unpaired) electrons. The Morgan fingerprint density at radius 1 is 0.254 bits per heavy atom. The summed E-state index contributed by atoms with van der Waals surface area (Å²) in [7, 11) is 0. The smallest absolute Gasteiger partial charge is 0.135 e. The lowest BCUT2D eigenvalue weighted by molar-refractivity contribution is 0.669. The van der Waals surface area contributed by atoms with Gasteiger partial charge in [0.2, 0.25) is 0 Å². The van der Waals surface area contributed by atoms with E-state index in [1.807, 2.05) is 12.1 Å². The summed E-state index contributed by atoms with van der Waals surface area (Å²) in [6.07, 6.45) is 0.